The summed E-state index contributed by atoms with van der Waals surface area (Å²) in [4.78, 5) is 0. The molecule has 0 aliphatic carbocycles. The zero-order chi connectivity index (χ0) is 4.24. The van der Waals surface area contributed by atoms with Gasteiger partial charge in [0.05, 0.1) is 0 Å². The standard InChI is InChI=1S/C4H10N2.7H2O/c1-2-6-4-3-5-1;;;;;;;/h5-6H,1-4H2;7*1H2. The van der Waals surface area contributed by atoms with Crippen molar-refractivity contribution in [2.24, 2.45) is 0 Å². The predicted octanol–water partition coefficient (Wildman–Crippen LogP) is -6.59. The second-order valence-electron chi connectivity index (χ2n) is 1.50. The van der Waals surface area contributed by atoms with Gasteiger partial charge in [0.25, 0.3) is 0 Å². The Morgan fingerprint density at radius 1 is 0.385 bits per heavy atom. The van der Waals surface area contributed by atoms with Gasteiger partial charge in [0.15, 0.2) is 0 Å². The summed E-state index contributed by atoms with van der Waals surface area (Å²) in [5.41, 5.74) is 0. The van der Waals surface area contributed by atoms with Crippen LogP contribution in [0, 0.1) is 0 Å². The number of nitrogens with one attached hydrogen (secondary N) is 2. The Bertz CT molecular complexity index is 34.0. The topological polar surface area (TPSA) is 245 Å². The quantitative estimate of drug-likeness (QED) is 0.397. The monoisotopic (exact) mass is 212 g/mol. The van der Waals surface area contributed by atoms with Crippen LogP contribution in [0.25, 0.3) is 0 Å². The highest BCUT2D eigenvalue weighted by molar-refractivity contribution is 4.59. The fraction of sp³-hybridized carbons (Fsp3) is 1.00. The maximum absolute atomic E-state index is 3.22. The minimum Gasteiger partial charge on any atom is -0.412 e. The van der Waals surface area contributed by atoms with E-state index in [1.54, 1.807) is 0 Å². The Balaban J connectivity index is -0.0000000103. The molecule has 13 heavy (non-hydrogen) atoms. The van der Waals surface area contributed by atoms with Crippen LogP contribution in [-0.4, -0.2) is 64.5 Å². The molecule has 0 atom stereocenters. The van der Waals surface area contributed by atoms with Gasteiger partial charge in [-0.1, -0.05) is 0 Å². The van der Waals surface area contributed by atoms with Crippen LogP contribution in [0.2, 0.25) is 0 Å². The molecule has 9 heteroatoms. The average Bonchev–Trinajstić information content (AvgIpc) is 1.72. The molecular formula is C4H24N2O7. The predicted molar refractivity (Wildman–Crippen MR) is 51.0 cm³/mol. The molecule has 0 aromatic rings. The molecule has 0 aromatic heterocycles. The summed E-state index contributed by atoms with van der Waals surface area (Å²) in [7, 11) is 0. The van der Waals surface area contributed by atoms with E-state index < -0.39 is 0 Å². The van der Waals surface area contributed by atoms with Crippen molar-refractivity contribution >= 4 is 0 Å². The van der Waals surface area contributed by atoms with Crippen molar-refractivity contribution in [1.29, 1.82) is 0 Å². The van der Waals surface area contributed by atoms with Crippen LogP contribution in [-0.2, 0) is 0 Å². The fourth-order valence-electron chi connectivity index (χ4n) is 0.604. The van der Waals surface area contributed by atoms with E-state index in [1.165, 1.54) is 0 Å². The zero-order valence-corrected chi connectivity index (χ0v) is 7.33. The fourth-order valence-corrected chi connectivity index (χ4v) is 0.604. The molecule has 1 heterocycles. The maximum atomic E-state index is 3.22. The first-order valence-corrected chi connectivity index (χ1v) is 2.41. The lowest BCUT2D eigenvalue weighted by atomic mass is 10.4. The molecule has 1 saturated heterocycles. The smallest absolute Gasteiger partial charge is 0.00772 e. The van der Waals surface area contributed by atoms with Crippen molar-refractivity contribution in [3.8, 4) is 0 Å². The summed E-state index contributed by atoms with van der Waals surface area (Å²) in [5, 5.41) is 6.44. The summed E-state index contributed by atoms with van der Waals surface area (Å²) < 4.78 is 0. The first kappa shape index (κ1) is 53.8. The Kier molecular flexibility index (Phi) is 172. The summed E-state index contributed by atoms with van der Waals surface area (Å²) in [6.07, 6.45) is 0. The highest BCUT2D eigenvalue weighted by Crippen LogP contribution is 1.65. The Morgan fingerprint density at radius 2 is 0.538 bits per heavy atom. The van der Waals surface area contributed by atoms with Gasteiger partial charge in [-0.3, -0.25) is 0 Å². The first-order valence-electron chi connectivity index (χ1n) is 2.41. The molecule has 1 rings (SSSR count). The third kappa shape index (κ3) is 34.0. The van der Waals surface area contributed by atoms with E-state index in [2.05, 4.69) is 10.6 Å². The van der Waals surface area contributed by atoms with E-state index in [0.29, 0.717) is 0 Å². The number of piperazine rings is 1. The van der Waals surface area contributed by atoms with Crippen molar-refractivity contribution in [3.63, 3.8) is 0 Å². The molecule has 9 nitrogen and oxygen atoms in total. The van der Waals surface area contributed by atoms with Gasteiger partial charge in [-0.05, 0) is 0 Å². The molecule has 1 aliphatic heterocycles. The normalized spacial score (nSPS) is 11.1. The highest BCUT2D eigenvalue weighted by Gasteiger charge is 1.91. The highest BCUT2D eigenvalue weighted by atomic mass is 16.0. The maximum Gasteiger partial charge on any atom is 0.00772 e. The SMILES string of the molecule is C1CNCCN1.O.O.O.O.O.O.O. The van der Waals surface area contributed by atoms with Crippen LogP contribution >= 0.6 is 0 Å². The lowest BCUT2D eigenvalue weighted by Crippen LogP contribution is -2.39. The molecule has 0 aromatic carbocycles. The summed E-state index contributed by atoms with van der Waals surface area (Å²) >= 11 is 0. The van der Waals surface area contributed by atoms with Gasteiger partial charge in [-0.15, -0.1) is 0 Å². The molecule has 16 N–H and O–H groups in total. The van der Waals surface area contributed by atoms with E-state index in [9.17, 15) is 0 Å². The molecule has 92 valence electrons. The zero-order valence-electron chi connectivity index (χ0n) is 7.33. The number of hydrogen-bond donors (Lipinski definition) is 2. The van der Waals surface area contributed by atoms with Crippen molar-refractivity contribution in [1.82, 2.24) is 10.6 Å². The van der Waals surface area contributed by atoms with Gasteiger partial charge in [0.1, 0.15) is 0 Å². The molecule has 0 spiro atoms. The van der Waals surface area contributed by atoms with Crippen molar-refractivity contribution in [2.75, 3.05) is 26.2 Å². The lowest BCUT2D eigenvalue weighted by Gasteiger charge is -2.11. The minimum absolute atomic E-state index is 0. The third-order valence-electron chi connectivity index (χ3n) is 0.957. The minimum atomic E-state index is 0. The number of hydrogen-bond acceptors (Lipinski definition) is 2. The van der Waals surface area contributed by atoms with Crippen LogP contribution in [0.4, 0.5) is 0 Å². The second-order valence-corrected chi connectivity index (χ2v) is 1.50. The van der Waals surface area contributed by atoms with Crippen LogP contribution < -0.4 is 10.6 Å². The van der Waals surface area contributed by atoms with Gasteiger partial charge >= 0.3 is 0 Å². The van der Waals surface area contributed by atoms with Crippen LogP contribution in [0.5, 0.6) is 0 Å². The summed E-state index contributed by atoms with van der Waals surface area (Å²) in [6, 6.07) is 0. The van der Waals surface area contributed by atoms with Crippen LogP contribution in [0.1, 0.15) is 0 Å². The Hall–Kier alpha value is -0.360. The van der Waals surface area contributed by atoms with Crippen molar-refractivity contribution in [2.45, 2.75) is 0 Å². The molecule has 1 aliphatic rings. The van der Waals surface area contributed by atoms with Gasteiger partial charge in [0, 0.05) is 26.2 Å². The van der Waals surface area contributed by atoms with Gasteiger partial charge < -0.3 is 49.0 Å². The van der Waals surface area contributed by atoms with Gasteiger partial charge in [-0.2, -0.15) is 0 Å². The molecular weight excluding hydrogens is 188 g/mol. The van der Waals surface area contributed by atoms with E-state index in [1.807, 2.05) is 0 Å². The van der Waals surface area contributed by atoms with E-state index in [0.717, 1.165) is 26.2 Å². The van der Waals surface area contributed by atoms with Crippen molar-refractivity contribution in [3.05, 3.63) is 0 Å². The molecule has 0 saturated carbocycles. The van der Waals surface area contributed by atoms with E-state index >= 15 is 0 Å². The Morgan fingerprint density at radius 3 is 0.615 bits per heavy atom. The molecule has 1 fully saturated rings. The molecule has 0 radical (unpaired) electrons. The Labute approximate surface area is 76.3 Å². The molecule has 0 amide bonds. The molecule has 0 bridgehead atoms. The van der Waals surface area contributed by atoms with Crippen molar-refractivity contribution < 1.29 is 38.3 Å². The van der Waals surface area contributed by atoms with E-state index in [-0.39, 0.29) is 38.3 Å². The lowest BCUT2D eigenvalue weighted by molar-refractivity contribution is 0.534. The first-order chi connectivity index (χ1) is 3.00. The van der Waals surface area contributed by atoms with Gasteiger partial charge in [-0.25, -0.2) is 0 Å². The van der Waals surface area contributed by atoms with E-state index in [4.69, 9.17) is 0 Å². The van der Waals surface area contributed by atoms with Gasteiger partial charge in [0.2, 0.25) is 0 Å². The average molecular weight is 212 g/mol. The van der Waals surface area contributed by atoms with Crippen LogP contribution in [0.3, 0.4) is 0 Å². The summed E-state index contributed by atoms with van der Waals surface area (Å²) in [5.74, 6) is 0. The number of rotatable bonds is 0. The molecule has 0 unspecified atom stereocenters. The summed E-state index contributed by atoms with van der Waals surface area (Å²) in [6.45, 7) is 4.56. The van der Waals surface area contributed by atoms with Crippen LogP contribution in [0.15, 0.2) is 0 Å². The largest absolute Gasteiger partial charge is 0.412 e. The third-order valence-corrected chi connectivity index (χ3v) is 0.957. The second kappa shape index (κ2) is 41.4.